The molecule has 2 aromatic carbocycles. The summed E-state index contributed by atoms with van der Waals surface area (Å²) in [7, 11) is -3.61. The summed E-state index contributed by atoms with van der Waals surface area (Å²) in [5, 5.41) is 2.95. The minimum Gasteiger partial charge on any atom is -0.492 e. The number of hydrogen-bond acceptors (Lipinski definition) is 5. The number of anilines is 1. The van der Waals surface area contributed by atoms with Crippen molar-refractivity contribution in [1.82, 2.24) is 10.2 Å². The summed E-state index contributed by atoms with van der Waals surface area (Å²) in [6, 6.07) is 15.9. The fourth-order valence-corrected chi connectivity index (χ4v) is 5.01. The number of rotatable bonds is 15. The predicted octanol–water partition coefficient (Wildman–Crippen LogP) is 4.21. The Labute approximate surface area is 222 Å². The molecule has 37 heavy (non-hydrogen) atoms. The second-order valence-electron chi connectivity index (χ2n) is 9.41. The lowest BCUT2D eigenvalue weighted by Gasteiger charge is -2.31. The lowest BCUT2D eigenvalue weighted by Crippen LogP contribution is -2.49. The van der Waals surface area contributed by atoms with E-state index in [1.807, 2.05) is 58.0 Å². The van der Waals surface area contributed by atoms with Crippen LogP contribution < -0.4 is 14.4 Å². The van der Waals surface area contributed by atoms with Crippen LogP contribution in [0.25, 0.3) is 0 Å². The number of para-hydroxylation sites is 2. The van der Waals surface area contributed by atoms with Crippen LogP contribution in [0.1, 0.15) is 52.5 Å². The lowest BCUT2D eigenvalue weighted by atomic mass is 10.1. The summed E-state index contributed by atoms with van der Waals surface area (Å²) >= 11 is 0. The average Bonchev–Trinajstić information content (AvgIpc) is 2.85. The molecule has 8 nitrogen and oxygen atoms in total. The van der Waals surface area contributed by atoms with E-state index < -0.39 is 16.1 Å². The molecule has 2 aromatic rings. The van der Waals surface area contributed by atoms with Gasteiger partial charge in [0.1, 0.15) is 11.8 Å². The molecule has 0 radical (unpaired) electrons. The third-order valence-electron chi connectivity index (χ3n) is 5.85. The fraction of sp³-hybridized carbons (Fsp3) is 0.500. The summed E-state index contributed by atoms with van der Waals surface area (Å²) in [5.74, 6) is 0.396. The van der Waals surface area contributed by atoms with E-state index in [1.54, 1.807) is 29.2 Å². The summed E-state index contributed by atoms with van der Waals surface area (Å²) in [6.45, 7) is 9.12. The van der Waals surface area contributed by atoms with Gasteiger partial charge in [-0.05, 0) is 43.4 Å². The Morgan fingerprint density at radius 2 is 1.65 bits per heavy atom. The van der Waals surface area contributed by atoms with Gasteiger partial charge in [-0.2, -0.15) is 0 Å². The molecule has 9 heteroatoms. The number of carbonyl (C=O) groups excluding carboxylic acids is 2. The lowest BCUT2D eigenvalue weighted by molar-refractivity contribution is -0.141. The molecule has 0 saturated heterocycles. The summed E-state index contributed by atoms with van der Waals surface area (Å²) in [4.78, 5) is 28.1. The largest absolute Gasteiger partial charge is 0.492 e. The SMILES string of the molecule is CCOc1ccccc1N(CCCC(=O)N(Cc1ccccc1)C(CC)C(=O)NCC(C)C)S(C)(=O)=O. The smallest absolute Gasteiger partial charge is 0.242 e. The molecule has 204 valence electrons. The maximum atomic E-state index is 13.5. The van der Waals surface area contributed by atoms with Crippen LogP contribution >= 0.6 is 0 Å². The zero-order valence-corrected chi connectivity index (χ0v) is 23.5. The Morgan fingerprint density at radius 1 is 1.00 bits per heavy atom. The maximum Gasteiger partial charge on any atom is 0.242 e. The Bertz CT molecular complexity index is 1110. The van der Waals surface area contributed by atoms with Crippen LogP contribution in [0.15, 0.2) is 54.6 Å². The minimum atomic E-state index is -3.61. The van der Waals surface area contributed by atoms with Crippen LogP contribution in [0.5, 0.6) is 5.75 Å². The monoisotopic (exact) mass is 531 g/mol. The summed E-state index contributed by atoms with van der Waals surface area (Å²) < 4.78 is 32.2. The predicted molar refractivity (Wildman–Crippen MR) is 148 cm³/mol. The second kappa shape index (κ2) is 14.6. The number of hydrogen-bond donors (Lipinski definition) is 1. The molecule has 0 spiro atoms. The van der Waals surface area contributed by atoms with Crippen molar-refractivity contribution in [2.24, 2.45) is 5.92 Å². The van der Waals surface area contributed by atoms with Crippen molar-refractivity contribution in [2.75, 3.05) is 30.3 Å². The normalized spacial score (nSPS) is 12.2. The first-order chi connectivity index (χ1) is 17.6. The summed E-state index contributed by atoms with van der Waals surface area (Å²) in [5.41, 5.74) is 1.37. The van der Waals surface area contributed by atoms with Crippen molar-refractivity contribution in [3.05, 3.63) is 60.2 Å². The zero-order chi connectivity index (χ0) is 27.4. The van der Waals surface area contributed by atoms with Gasteiger partial charge in [0.15, 0.2) is 0 Å². The van der Waals surface area contributed by atoms with Gasteiger partial charge in [-0.25, -0.2) is 8.42 Å². The quantitative estimate of drug-likeness (QED) is 0.371. The molecule has 0 aromatic heterocycles. The highest BCUT2D eigenvalue weighted by molar-refractivity contribution is 7.92. The topological polar surface area (TPSA) is 96.0 Å². The maximum absolute atomic E-state index is 13.5. The standard InChI is InChI=1S/C28H41N3O5S/c1-6-24(28(33)29-20-22(3)4)30(21-23-14-9-8-10-15-23)27(32)18-13-19-31(37(5,34)35)25-16-11-12-17-26(25)36-7-2/h8-12,14-17,22,24H,6-7,13,18-21H2,1-5H3,(H,29,33). The van der Waals surface area contributed by atoms with E-state index in [2.05, 4.69) is 5.32 Å². The molecule has 1 N–H and O–H groups in total. The number of ether oxygens (including phenoxy) is 1. The minimum absolute atomic E-state index is 0.101. The molecule has 2 rings (SSSR count). The van der Waals surface area contributed by atoms with Gasteiger partial charge >= 0.3 is 0 Å². The highest BCUT2D eigenvalue weighted by Gasteiger charge is 2.29. The van der Waals surface area contributed by atoms with Crippen LogP contribution in [-0.2, 0) is 26.2 Å². The van der Waals surface area contributed by atoms with Crippen molar-refractivity contribution in [3.63, 3.8) is 0 Å². The van der Waals surface area contributed by atoms with E-state index >= 15 is 0 Å². The van der Waals surface area contributed by atoms with E-state index in [-0.39, 0.29) is 24.8 Å². The number of amides is 2. The molecular weight excluding hydrogens is 490 g/mol. The van der Waals surface area contributed by atoms with Gasteiger partial charge in [0.2, 0.25) is 21.8 Å². The molecular formula is C28H41N3O5S. The van der Waals surface area contributed by atoms with Crippen LogP contribution in [0.3, 0.4) is 0 Å². The van der Waals surface area contributed by atoms with Crippen LogP contribution in [0.4, 0.5) is 5.69 Å². The molecule has 0 bridgehead atoms. The van der Waals surface area contributed by atoms with Gasteiger partial charge in [0, 0.05) is 26.1 Å². The van der Waals surface area contributed by atoms with E-state index in [4.69, 9.17) is 4.74 Å². The van der Waals surface area contributed by atoms with E-state index in [1.165, 1.54) is 4.31 Å². The Morgan fingerprint density at radius 3 is 2.24 bits per heavy atom. The van der Waals surface area contributed by atoms with Crippen molar-refractivity contribution in [2.45, 2.75) is 59.5 Å². The van der Waals surface area contributed by atoms with Crippen molar-refractivity contribution in [1.29, 1.82) is 0 Å². The third-order valence-corrected chi connectivity index (χ3v) is 7.03. The highest BCUT2D eigenvalue weighted by Crippen LogP contribution is 2.30. The molecule has 0 aliphatic rings. The number of carbonyl (C=O) groups is 2. The number of sulfonamides is 1. The number of benzene rings is 2. The van der Waals surface area contributed by atoms with Crippen LogP contribution in [0, 0.1) is 5.92 Å². The van der Waals surface area contributed by atoms with Gasteiger partial charge in [0.25, 0.3) is 0 Å². The third kappa shape index (κ3) is 9.39. The van der Waals surface area contributed by atoms with Crippen molar-refractivity contribution >= 4 is 27.5 Å². The Hall–Kier alpha value is -3.07. The van der Waals surface area contributed by atoms with Gasteiger partial charge < -0.3 is 15.0 Å². The van der Waals surface area contributed by atoms with E-state index in [9.17, 15) is 18.0 Å². The first-order valence-corrected chi connectivity index (χ1v) is 14.7. The van der Waals surface area contributed by atoms with Gasteiger partial charge in [-0.3, -0.25) is 13.9 Å². The zero-order valence-electron chi connectivity index (χ0n) is 22.6. The van der Waals surface area contributed by atoms with Crippen molar-refractivity contribution in [3.8, 4) is 5.75 Å². The Kier molecular flexibility index (Phi) is 11.9. The first kappa shape index (κ1) is 30.2. The van der Waals surface area contributed by atoms with Gasteiger partial charge in [0.05, 0.1) is 18.6 Å². The second-order valence-corrected chi connectivity index (χ2v) is 11.3. The average molecular weight is 532 g/mol. The molecule has 1 atom stereocenters. The van der Waals surface area contributed by atoms with Crippen molar-refractivity contribution < 1.29 is 22.7 Å². The molecule has 1 unspecified atom stereocenters. The van der Waals surface area contributed by atoms with Gasteiger partial charge in [-0.15, -0.1) is 0 Å². The Balaban J connectivity index is 2.21. The van der Waals surface area contributed by atoms with Gasteiger partial charge in [-0.1, -0.05) is 63.2 Å². The number of nitrogens with one attached hydrogen (secondary N) is 1. The molecule has 0 aliphatic carbocycles. The molecule has 0 heterocycles. The fourth-order valence-electron chi connectivity index (χ4n) is 4.05. The van der Waals surface area contributed by atoms with Crippen LogP contribution in [0.2, 0.25) is 0 Å². The van der Waals surface area contributed by atoms with E-state index in [0.717, 1.165) is 11.8 Å². The first-order valence-electron chi connectivity index (χ1n) is 12.9. The number of nitrogens with zero attached hydrogens (tertiary/aromatic N) is 2. The van der Waals surface area contributed by atoms with E-state index in [0.29, 0.717) is 49.9 Å². The molecule has 2 amide bonds. The molecule has 0 fully saturated rings. The summed E-state index contributed by atoms with van der Waals surface area (Å²) in [6.07, 6.45) is 2.01. The molecule has 0 saturated carbocycles. The molecule has 0 aliphatic heterocycles. The highest BCUT2D eigenvalue weighted by atomic mass is 32.2. The van der Waals surface area contributed by atoms with Crippen LogP contribution in [-0.4, -0.2) is 57.1 Å².